The fourth-order valence-corrected chi connectivity index (χ4v) is 3.41. The molecule has 0 aliphatic carbocycles. The molecule has 128 valence electrons. The normalized spacial score (nSPS) is 17.4. The molecule has 0 saturated heterocycles. The second-order valence-electron chi connectivity index (χ2n) is 6.48. The van der Waals surface area contributed by atoms with Crippen LogP contribution in [0.4, 0.5) is 0 Å². The zero-order valence-corrected chi connectivity index (χ0v) is 14.2. The standard InChI is InChI=1S/C20H21N3O2/c1-14-6-8-16(9-7-14)20-22-21-19(25-20)12-23-11-10-15-4-2-3-5-17(15)18(23)13-24/h2-9,18,24H,10-13H2,1H3. The van der Waals surface area contributed by atoms with Crippen molar-refractivity contribution in [1.29, 1.82) is 0 Å². The minimum absolute atomic E-state index is 0.0281. The van der Waals surface area contributed by atoms with Gasteiger partial charge in [0.15, 0.2) is 0 Å². The lowest BCUT2D eigenvalue weighted by molar-refractivity contribution is 0.0997. The van der Waals surface area contributed by atoms with E-state index in [-0.39, 0.29) is 12.6 Å². The first-order chi connectivity index (χ1) is 12.2. The van der Waals surface area contributed by atoms with Gasteiger partial charge in [0.1, 0.15) is 0 Å². The van der Waals surface area contributed by atoms with E-state index in [9.17, 15) is 5.11 Å². The Bertz CT molecular complexity index is 857. The maximum absolute atomic E-state index is 9.89. The van der Waals surface area contributed by atoms with Crippen LogP contribution >= 0.6 is 0 Å². The van der Waals surface area contributed by atoms with Gasteiger partial charge in [-0.25, -0.2) is 0 Å². The molecular weight excluding hydrogens is 314 g/mol. The predicted octanol–water partition coefficient (Wildman–Crippen LogP) is 3.14. The van der Waals surface area contributed by atoms with E-state index in [4.69, 9.17) is 4.42 Å². The summed E-state index contributed by atoms with van der Waals surface area (Å²) < 4.78 is 5.85. The van der Waals surface area contributed by atoms with Crippen LogP contribution in [0.1, 0.15) is 28.6 Å². The monoisotopic (exact) mass is 335 g/mol. The molecule has 0 amide bonds. The van der Waals surface area contributed by atoms with E-state index in [1.807, 2.05) is 37.3 Å². The Hall–Kier alpha value is -2.50. The molecule has 0 fully saturated rings. The lowest BCUT2D eigenvalue weighted by Gasteiger charge is -2.35. The highest BCUT2D eigenvalue weighted by Crippen LogP contribution is 2.30. The van der Waals surface area contributed by atoms with Crippen molar-refractivity contribution in [2.24, 2.45) is 0 Å². The van der Waals surface area contributed by atoms with Crippen LogP contribution in [0.2, 0.25) is 0 Å². The average molecular weight is 335 g/mol. The molecule has 1 aromatic heterocycles. The number of aromatic nitrogens is 2. The van der Waals surface area contributed by atoms with E-state index in [2.05, 4.69) is 33.3 Å². The van der Waals surface area contributed by atoms with E-state index < -0.39 is 0 Å². The van der Waals surface area contributed by atoms with Crippen LogP contribution in [-0.2, 0) is 13.0 Å². The van der Waals surface area contributed by atoms with Crippen molar-refractivity contribution < 1.29 is 9.52 Å². The molecule has 4 rings (SSSR count). The molecule has 0 spiro atoms. The Kier molecular flexibility index (Phi) is 4.34. The van der Waals surface area contributed by atoms with E-state index in [0.29, 0.717) is 18.3 Å². The summed E-state index contributed by atoms with van der Waals surface area (Å²) in [6.07, 6.45) is 0.964. The van der Waals surface area contributed by atoms with Crippen LogP contribution < -0.4 is 0 Å². The van der Waals surface area contributed by atoms with Gasteiger partial charge in [-0.3, -0.25) is 4.90 Å². The molecular formula is C20H21N3O2. The maximum atomic E-state index is 9.89. The molecule has 0 radical (unpaired) electrons. The van der Waals surface area contributed by atoms with Gasteiger partial charge < -0.3 is 9.52 Å². The molecule has 5 nitrogen and oxygen atoms in total. The van der Waals surface area contributed by atoms with Gasteiger partial charge in [0.2, 0.25) is 11.8 Å². The Labute approximate surface area is 146 Å². The summed E-state index contributed by atoms with van der Waals surface area (Å²) in [4.78, 5) is 2.20. The van der Waals surface area contributed by atoms with Gasteiger partial charge in [-0.05, 0) is 36.6 Å². The molecule has 1 unspecified atom stereocenters. The number of hydrogen-bond donors (Lipinski definition) is 1. The Morgan fingerprint density at radius 1 is 1.12 bits per heavy atom. The Morgan fingerprint density at radius 3 is 2.72 bits per heavy atom. The second kappa shape index (κ2) is 6.78. The SMILES string of the molecule is Cc1ccc(-c2nnc(CN3CCc4ccccc4C3CO)o2)cc1. The van der Waals surface area contributed by atoms with Crippen molar-refractivity contribution in [2.75, 3.05) is 13.2 Å². The largest absolute Gasteiger partial charge is 0.419 e. The number of fused-ring (bicyclic) bond motifs is 1. The van der Waals surface area contributed by atoms with Gasteiger partial charge in [-0.15, -0.1) is 10.2 Å². The summed E-state index contributed by atoms with van der Waals surface area (Å²) in [7, 11) is 0. The molecule has 1 aliphatic rings. The number of aliphatic hydroxyl groups excluding tert-OH is 1. The molecule has 0 saturated carbocycles. The van der Waals surface area contributed by atoms with E-state index in [1.54, 1.807) is 0 Å². The van der Waals surface area contributed by atoms with Crippen LogP contribution in [0, 0.1) is 6.92 Å². The third kappa shape index (κ3) is 3.21. The van der Waals surface area contributed by atoms with Crippen molar-refractivity contribution in [3.05, 3.63) is 71.1 Å². The summed E-state index contributed by atoms with van der Waals surface area (Å²) in [5, 5.41) is 18.3. The highest BCUT2D eigenvalue weighted by molar-refractivity contribution is 5.52. The lowest BCUT2D eigenvalue weighted by Crippen LogP contribution is -2.36. The van der Waals surface area contributed by atoms with Crippen LogP contribution in [0.15, 0.2) is 52.9 Å². The first-order valence-corrected chi connectivity index (χ1v) is 8.57. The minimum atomic E-state index is -0.0281. The summed E-state index contributed by atoms with van der Waals surface area (Å²) in [6, 6.07) is 16.3. The van der Waals surface area contributed by atoms with Crippen molar-refractivity contribution >= 4 is 0 Å². The molecule has 25 heavy (non-hydrogen) atoms. The summed E-state index contributed by atoms with van der Waals surface area (Å²) >= 11 is 0. The van der Waals surface area contributed by atoms with E-state index >= 15 is 0 Å². The minimum Gasteiger partial charge on any atom is -0.419 e. The number of nitrogens with zero attached hydrogens (tertiary/aromatic N) is 3. The summed E-state index contributed by atoms with van der Waals surface area (Å²) in [6.45, 7) is 3.53. The Balaban J connectivity index is 1.54. The van der Waals surface area contributed by atoms with E-state index in [0.717, 1.165) is 18.5 Å². The van der Waals surface area contributed by atoms with Crippen LogP contribution in [0.25, 0.3) is 11.5 Å². The van der Waals surface area contributed by atoms with Crippen LogP contribution in [0.3, 0.4) is 0 Å². The third-order valence-corrected chi connectivity index (χ3v) is 4.80. The van der Waals surface area contributed by atoms with Gasteiger partial charge in [0.25, 0.3) is 0 Å². The topological polar surface area (TPSA) is 62.4 Å². The fourth-order valence-electron chi connectivity index (χ4n) is 3.41. The molecule has 1 aliphatic heterocycles. The molecule has 1 atom stereocenters. The van der Waals surface area contributed by atoms with Crippen molar-refractivity contribution in [3.63, 3.8) is 0 Å². The number of benzene rings is 2. The molecule has 0 bridgehead atoms. The van der Waals surface area contributed by atoms with Crippen LogP contribution in [0.5, 0.6) is 0 Å². The van der Waals surface area contributed by atoms with Crippen molar-refractivity contribution in [1.82, 2.24) is 15.1 Å². The van der Waals surface area contributed by atoms with E-state index in [1.165, 1.54) is 16.7 Å². The number of aryl methyl sites for hydroxylation is 1. The maximum Gasteiger partial charge on any atom is 0.247 e. The highest BCUT2D eigenvalue weighted by atomic mass is 16.4. The quantitative estimate of drug-likeness (QED) is 0.794. The summed E-state index contributed by atoms with van der Waals surface area (Å²) in [5.41, 5.74) is 4.62. The Morgan fingerprint density at radius 2 is 1.92 bits per heavy atom. The zero-order valence-electron chi connectivity index (χ0n) is 14.2. The van der Waals surface area contributed by atoms with Crippen molar-refractivity contribution in [2.45, 2.75) is 25.9 Å². The summed E-state index contributed by atoms with van der Waals surface area (Å²) in [5.74, 6) is 1.11. The zero-order chi connectivity index (χ0) is 17.2. The number of hydrogen-bond acceptors (Lipinski definition) is 5. The van der Waals surface area contributed by atoms with Gasteiger partial charge in [-0.2, -0.15) is 0 Å². The molecule has 5 heteroatoms. The average Bonchev–Trinajstić information content (AvgIpc) is 3.10. The first kappa shape index (κ1) is 16.0. The highest BCUT2D eigenvalue weighted by Gasteiger charge is 2.27. The second-order valence-corrected chi connectivity index (χ2v) is 6.48. The van der Waals surface area contributed by atoms with Gasteiger partial charge >= 0.3 is 0 Å². The fraction of sp³-hybridized carbons (Fsp3) is 0.300. The van der Waals surface area contributed by atoms with Gasteiger partial charge in [0.05, 0.1) is 19.2 Å². The van der Waals surface area contributed by atoms with Crippen LogP contribution in [-0.4, -0.2) is 33.4 Å². The lowest BCUT2D eigenvalue weighted by atomic mass is 9.93. The molecule has 2 aromatic carbocycles. The van der Waals surface area contributed by atoms with Gasteiger partial charge in [0, 0.05) is 12.1 Å². The van der Waals surface area contributed by atoms with Crippen molar-refractivity contribution in [3.8, 4) is 11.5 Å². The van der Waals surface area contributed by atoms with Gasteiger partial charge in [-0.1, -0.05) is 42.0 Å². The first-order valence-electron chi connectivity index (χ1n) is 8.57. The predicted molar refractivity (Wildman–Crippen MR) is 94.9 cm³/mol. The number of aliphatic hydroxyl groups is 1. The molecule has 1 N–H and O–H groups in total. The molecule has 2 heterocycles. The smallest absolute Gasteiger partial charge is 0.247 e. The third-order valence-electron chi connectivity index (χ3n) is 4.80. The number of rotatable bonds is 4. The molecule has 3 aromatic rings.